The molecule has 0 unspecified atom stereocenters. The lowest BCUT2D eigenvalue weighted by Crippen LogP contribution is -2.16. The molecule has 0 aliphatic heterocycles. The van der Waals surface area contributed by atoms with E-state index in [2.05, 4.69) is 4.72 Å². The Kier molecular flexibility index (Phi) is 3.94. The zero-order valence-electron chi connectivity index (χ0n) is 12.2. The maximum absolute atomic E-state index is 13.8. The van der Waals surface area contributed by atoms with Gasteiger partial charge in [0.05, 0.1) is 11.3 Å². The summed E-state index contributed by atoms with van der Waals surface area (Å²) < 4.78 is 40.7. The SMILES string of the molecule is O=C(O)c1cc2ccccc2cc1NS(=O)(=O)c1ccccc1F. The number of benzene rings is 3. The van der Waals surface area contributed by atoms with Gasteiger partial charge in [0.2, 0.25) is 0 Å². The summed E-state index contributed by atoms with van der Waals surface area (Å²) in [5, 5.41) is 10.7. The van der Waals surface area contributed by atoms with E-state index in [9.17, 15) is 22.7 Å². The molecule has 0 atom stereocenters. The van der Waals surface area contributed by atoms with Gasteiger partial charge in [0, 0.05) is 0 Å². The molecule has 5 nitrogen and oxygen atoms in total. The first-order chi connectivity index (χ1) is 11.4. The number of hydrogen-bond donors (Lipinski definition) is 2. The van der Waals surface area contributed by atoms with E-state index in [1.54, 1.807) is 24.3 Å². The van der Waals surface area contributed by atoms with Gasteiger partial charge in [-0.05, 0) is 35.0 Å². The van der Waals surface area contributed by atoms with Crippen LogP contribution in [0.4, 0.5) is 10.1 Å². The maximum Gasteiger partial charge on any atom is 0.337 e. The van der Waals surface area contributed by atoms with Crippen LogP contribution in [0.1, 0.15) is 10.4 Å². The first-order valence-electron chi connectivity index (χ1n) is 6.92. The van der Waals surface area contributed by atoms with Crippen molar-refractivity contribution in [2.24, 2.45) is 0 Å². The van der Waals surface area contributed by atoms with E-state index in [1.165, 1.54) is 24.3 Å². The second-order valence-electron chi connectivity index (χ2n) is 5.09. The molecule has 0 aliphatic carbocycles. The second kappa shape index (κ2) is 5.93. The third kappa shape index (κ3) is 2.93. The number of aromatic carboxylic acids is 1. The van der Waals surface area contributed by atoms with E-state index in [-0.39, 0.29) is 11.3 Å². The zero-order valence-corrected chi connectivity index (χ0v) is 13.0. The molecular formula is C17H12FNO4S. The van der Waals surface area contributed by atoms with Gasteiger partial charge < -0.3 is 5.11 Å². The van der Waals surface area contributed by atoms with Gasteiger partial charge in [-0.2, -0.15) is 0 Å². The second-order valence-corrected chi connectivity index (χ2v) is 6.74. The van der Waals surface area contributed by atoms with Gasteiger partial charge in [-0.25, -0.2) is 17.6 Å². The van der Waals surface area contributed by atoms with Crippen LogP contribution in [0.2, 0.25) is 0 Å². The Hall–Kier alpha value is -2.93. The predicted molar refractivity (Wildman–Crippen MR) is 88.1 cm³/mol. The molecule has 0 amide bonds. The summed E-state index contributed by atoms with van der Waals surface area (Å²) in [6.07, 6.45) is 0. The summed E-state index contributed by atoms with van der Waals surface area (Å²) in [6.45, 7) is 0. The monoisotopic (exact) mass is 345 g/mol. The smallest absolute Gasteiger partial charge is 0.337 e. The number of fused-ring (bicyclic) bond motifs is 1. The van der Waals surface area contributed by atoms with Gasteiger partial charge >= 0.3 is 5.97 Å². The Balaban J connectivity index is 2.14. The van der Waals surface area contributed by atoms with E-state index in [0.717, 1.165) is 12.1 Å². The minimum Gasteiger partial charge on any atom is -0.478 e. The van der Waals surface area contributed by atoms with Crippen molar-refractivity contribution < 1.29 is 22.7 Å². The normalized spacial score (nSPS) is 11.4. The largest absolute Gasteiger partial charge is 0.478 e. The molecule has 122 valence electrons. The lowest BCUT2D eigenvalue weighted by molar-refractivity contribution is 0.0698. The number of nitrogens with one attached hydrogen (secondary N) is 1. The van der Waals surface area contributed by atoms with Gasteiger partial charge in [-0.15, -0.1) is 0 Å². The quantitative estimate of drug-likeness (QED) is 0.758. The highest BCUT2D eigenvalue weighted by molar-refractivity contribution is 7.92. The van der Waals surface area contributed by atoms with E-state index in [1.807, 2.05) is 0 Å². The average Bonchev–Trinajstić information content (AvgIpc) is 2.54. The number of carboxylic acid groups (broad SMARTS) is 1. The average molecular weight is 345 g/mol. The first-order valence-corrected chi connectivity index (χ1v) is 8.40. The molecule has 2 N–H and O–H groups in total. The molecule has 0 saturated carbocycles. The van der Waals surface area contributed by atoms with Gasteiger partial charge in [-0.3, -0.25) is 4.72 Å². The molecule has 24 heavy (non-hydrogen) atoms. The van der Waals surface area contributed by atoms with Crippen LogP contribution < -0.4 is 4.72 Å². The number of carboxylic acids is 1. The number of hydrogen-bond acceptors (Lipinski definition) is 3. The summed E-state index contributed by atoms with van der Waals surface area (Å²) in [5.41, 5.74) is -0.335. The van der Waals surface area contributed by atoms with Crippen LogP contribution in [0.15, 0.2) is 65.6 Å². The van der Waals surface area contributed by atoms with Crippen molar-refractivity contribution in [2.75, 3.05) is 4.72 Å². The molecule has 0 bridgehead atoms. The fourth-order valence-corrected chi connectivity index (χ4v) is 3.51. The van der Waals surface area contributed by atoms with E-state index < -0.39 is 26.7 Å². The summed E-state index contributed by atoms with van der Waals surface area (Å²) in [7, 11) is -4.26. The molecule has 0 radical (unpaired) electrons. The van der Waals surface area contributed by atoms with Crippen LogP contribution in [0, 0.1) is 5.82 Å². The maximum atomic E-state index is 13.8. The highest BCUT2D eigenvalue weighted by Crippen LogP contribution is 2.27. The number of halogens is 1. The predicted octanol–water partition coefficient (Wildman–Crippen LogP) is 3.48. The Morgan fingerprint density at radius 1 is 0.958 bits per heavy atom. The van der Waals surface area contributed by atoms with Crippen LogP contribution >= 0.6 is 0 Å². The lowest BCUT2D eigenvalue weighted by Gasteiger charge is -2.12. The minimum atomic E-state index is -4.26. The topological polar surface area (TPSA) is 83.5 Å². The van der Waals surface area contributed by atoms with E-state index in [0.29, 0.717) is 10.8 Å². The van der Waals surface area contributed by atoms with Crippen molar-refractivity contribution in [3.63, 3.8) is 0 Å². The van der Waals surface area contributed by atoms with Crippen molar-refractivity contribution >= 4 is 32.5 Å². The number of carbonyl (C=O) groups is 1. The van der Waals surface area contributed by atoms with Crippen molar-refractivity contribution in [3.05, 3.63) is 72.0 Å². The Bertz CT molecular complexity index is 1050. The summed E-state index contributed by atoms with van der Waals surface area (Å²) in [4.78, 5) is 10.9. The van der Waals surface area contributed by atoms with Gasteiger partial charge in [0.1, 0.15) is 10.7 Å². The molecule has 3 aromatic carbocycles. The fraction of sp³-hybridized carbons (Fsp3) is 0. The zero-order chi connectivity index (χ0) is 17.3. The molecule has 0 heterocycles. The number of rotatable bonds is 4. The summed E-state index contributed by atoms with van der Waals surface area (Å²) >= 11 is 0. The molecule has 0 aliphatic rings. The number of sulfonamides is 1. The third-order valence-corrected chi connectivity index (χ3v) is 4.89. The van der Waals surface area contributed by atoms with Crippen LogP contribution in [-0.2, 0) is 10.0 Å². The lowest BCUT2D eigenvalue weighted by atomic mass is 10.1. The Morgan fingerprint density at radius 2 is 1.54 bits per heavy atom. The van der Waals surface area contributed by atoms with Crippen LogP contribution in [0.3, 0.4) is 0 Å². The Labute approximate surface area is 137 Å². The van der Waals surface area contributed by atoms with Crippen LogP contribution in [0.25, 0.3) is 10.8 Å². The molecule has 7 heteroatoms. The fourth-order valence-electron chi connectivity index (χ4n) is 2.36. The molecule has 0 fully saturated rings. The third-order valence-electron chi connectivity index (χ3n) is 3.49. The summed E-state index contributed by atoms with van der Waals surface area (Å²) in [5.74, 6) is -2.20. The molecule has 3 rings (SSSR count). The Morgan fingerprint density at radius 3 is 2.17 bits per heavy atom. The van der Waals surface area contributed by atoms with Gasteiger partial charge in [-0.1, -0.05) is 36.4 Å². The van der Waals surface area contributed by atoms with Crippen molar-refractivity contribution in [3.8, 4) is 0 Å². The van der Waals surface area contributed by atoms with E-state index >= 15 is 0 Å². The van der Waals surface area contributed by atoms with Gasteiger partial charge in [0.15, 0.2) is 0 Å². The molecule has 0 saturated heterocycles. The first kappa shape index (κ1) is 15.9. The van der Waals surface area contributed by atoms with Gasteiger partial charge in [0.25, 0.3) is 10.0 Å². The molecular weight excluding hydrogens is 333 g/mol. The molecule has 3 aromatic rings. The summed E-state index contributed by atoms with van der Waals surface area (Å²) in [6, 6.07) is 14.6. The molecule has 0 aromatic heterocycles. The van der Waals surface area contributed by atoms with Crippen molar-refractivity contribution in [2.45, 2.75) is 4.90 Å². The van der Waals surface area contributed by atoms with Crippen molar-refractivity contribution in [1.29, 1.82) is 0 Å². The molecule has 0 spiro atoms. The van der Waals surface area contributed by atoms with E-state index in [4.69, 9.17) is 0 Å². The highest BCUT2D eigenvalue weighted by atomic mass is 32.2. The standard InChI is InChI=1S/C17H12FNO4S/c18-14-7-3-4-8-16(14)24(22,23)19-15-10-12-6-2-1-5-11(12)9-13(15)17(20)21/h1-10,19H,(H,20,21). The highest BCUT2D eigenvalue weighted by Gasteiger charge is 2.22. The van der Waals surface area contributed by atoms with Crippen LogP contribution in [0.5, 0.6) is 0 Å². The van der Waals surface area contributed by atoms with Crippen molar-refractivity contribution in [1.82, 2.24) is 0 Å². The minimum absolute atomic E-state index is 0.121. The van der Waals surface area contributed by atoms with Crippen LogP contribution in [-0.4, -0.2) is 19.5 Å². The number of anilines is 1.